The van der Waals surface area contributed by atoms with Crippen molar-refractivity contribution in [2.75, 3.05) is 24.5 Å². The van der Waals surface area contributed by atoms with Gasteiger partial charge < -0.3 is 14.9 Å². The summed E-state index contributed by atoms with van der Waals surface area (Å²) in [7, 11) is 0. The van der Waals surface area contributed by atoms with E-state index in [-0.39, 0.29) is 24.1 Å². The van der Waals surface area contributed by atoms with Gasteiger partial charge >= 0.3 is 0 Å². The van der Waals surface area contributed by atoms with E-state index in [4.69, 9.17) is 0 Å². The Labute approximate surface area is 200 Å². The van der Waals surface area contributed by atoms with Crippen LogP contribution in [0, 0.1) is 0 Å². The van der Waals surface area contributed by atoms with Gasteiger partial charge in [0.1, 0.15) is 6.04 Å². The van der Waals surface area contributed by atoms with Crippen molar-refractivity contribution in [2.45, 2.75) is 43.9 Å². The van der Waals surface area contributed by atoms with Gasteiger partial charge in [0.05, 0.1) is 29.4 Å². The fraction of sp³-hybridized carbons (Fsp3) is 0.400. The molecular formula is C25H27BrN4O3. The molecular weight excluding hydrogens is 484 g/mol. The quantitative estimate of drug-likeness (QED) is 0.583. The summed E-state index contributed by atoms with van der Waals surface area (Å²) >= 11 is 3.40. The molecule has 0 aliphatic carbocycles. The van der Waals surface area contributed by atoms with Crippen LogP contribution in [0.2, 0.25) is 0 Å². The van der Waals surface area contributed by atoms with Gasteiger partial charge in [0, 0.05) is 29.8 Å². The van der Waals surface area contributed by atoms with Gasteiger partial charge in [-0.2, -0.15) is 0 Å². The van der Waals surface area contributed by atoms with Gasteiger partial charge in [-0.1, -0.05) is 34.1 Å². The average molecular weight is 511 g/mol. The average Bonchev–Trinajstić information content (AvgIpc) is 3.31. The Hall–Kier alpha value is -2.71. The van der Waals surface area contributed by atoms with Gasteiger partial charge in [-0.3, -0.25) is 14.2 Å². The van der Waals surface area contributed by atoms with E-state index < -0.39 is 5.60 Å². The molecule has 33 heavy (non-hydrogen) atoms. The van der Waals surface area contributed by atoms with Crippen molar-refractivity contribution < 1.29 is 9.90 Å². The van der Waals surface area contributed by atoms with E-state index in [1.807, 2.05) is 35.2 Å². The van der Waals surface area contributed by atoms with Crippen LogP contribution in [-0.2, 0) is 11.3 Å². The second-order valence-electron chi connectivity index (χ2n) is 9.08. The van der Waals surface area contributed by atoms with Gasteiger partial charge in [0.15, 0.2) is 0 Å². The molecule has 1 amide bonds. The third-order valence-electron chi connectivity index (χ3n) is 6.88. The minimum Gasteiger partial charge on any atom is -0.388 e. The standard InChI is InChI=1S/C25H27BrN4O3/c26-18-8-9-20-21(15-18)27-17-29(23(20)31)16-25(33)10-13-28(14-11-25)24(32)22-7-4-12-30(22)19-5-2-1-3-6-19/h1-3,5-6,8-9,15,17,22,33H,4,7,10-14,16H2. The number of fused-ring (bicyclic) bond motifs is 1. The molecule has 5 rings (SSSR count). The summed E-state index contributed by atoms with van der Waals surface area (Å²) < 4.78 is 2.35. The molecule has 2 aliphatic rings. The number of para-hydroxylation sites is 1. The Morgan fingerprint density at radius 2 is 1.88 bits per heavy atom. The van der Waals surface area contributed by atoms with Crippen LogP contribution in [0.3, 0.4) is 0 Å². The number of hydrogen-bond acceptors (Lipinski definition) is 5. The van der Waals surface area contributed by atoms with E-state index >= 15 is 0 Å². The third kappa shape index (κ3) is 4.42. The maximum absolute atomic E-state index is 13.3. The monoisotopic (exact) mass is 510 g/mol. The number of piperidine rings is 1. The van der Waals surface area contributed by atoms with Crippen LogP contribution in [0.15, 0.2) is 64.1 Å². The van der Waals surface area contributed by atoms with E-state index in [1.54, 1.807) is 6.07 Å². The van der Waals surface area contributed by atoms with Crippen LogP contribution in [0.25, 0.3) is 10.9 Å². The maximum Gasteiger partial charge on any atom is 0.261 e. The molecule has 0 bridgehead atoms. The van der Waals surface area contributed by atoms with Gasteiger partial charge in [-0.15, -0.1) is 0 Å². The fourth-order valence-corrected chi connectivity index (χ4v) is 5.37. The number of likely N-dealkylation sites (tertiary alicyclic amines) is 1. The van der Waals surface area contributed by atoms with E-state index in [2.05, 4.69) is 37.9 Å². The van der Waals surface area contributed by atoms with Crippen LogP contribution in [0.1, 0.15) is 25.7 Å². The van der Waals surface area contributed by atoms with Crippen LogP contribution < -0.4 is 10.5 Å². The summed E-state index contributed by atoms with van der Waals surface area (Å²) in [6.07, 6.45) is 4.21. The molecule has 2 aromatic carbocycles. The summed E-state index contributed by atoms with van der Waals surface area (Å²) in [6.45, 7) is 2.02. The number of amides is 1. The highest BCUT2D eigenvalue weighted by molar-refractivity contribution is 9.10. The SMILES string of the molecule is O=C(C1CCCN1c1ccccc1)N1CCC(O)(Cn2cnc3cc(Br)ccc3c2=O)CC1. The number of aliphatic hydroxyl groups is 1. The molecule has 8 heteroatoms. The lowest BCUT2D eigenvalue weighted by Crippen LogP contribution is -2.53. The first-order chi connectivity index (χ1) is 15.9. The topological polar surface area (TPSA) is 78.7 Å². The van der Waals surface area contributed by atoms with Gasteiger partial charge in [0.2, 0.25) is 5.91 Å². The second kappa shape index (κ2) is 8.91. The maximum atomic E-state index is 13.3. The van der Waals surface area contributed by atoms with E-state index in [0.29, 0.717) is 36.8 Å². The van der Waals surface area contributed by atoms with E-state index in [0.717, 1.165) is 29.5 Å². The summed E-state index contributed by atoms with van der Waals surface area (Å²) in [6, 6.07) is 15.3. The predicted octanol–water partition coefficient (Wildman–Crippen LogP) is 3.18. The smallest absolute Gasteiger partial charge is 0.261 e. The van der Waals surface area contributed by atoms with Crippen LogP contribution in [-0.4, -0.2) is 56.7 Å². The highest BCUT2D eigenvalue weighted by Crippen LogP contribution is 2.29. The molecule has 2 saturated heterocycles. The van der Waals surface area contributed by atoms with Crippen molar-refractivity contribution in [2.24, 2.45) is 0 Å². The van der Waals surface area contributed by atoms with E-state index in [1.165, 1.54) is 10.9 Å². The molecule has 1 N–H and O–H groups in total. The highest BCUT2D eigenvalue weighted by Gasteiger charge is 2.39. The summed E-state index contributed by atoms with van der Waals surface area (Å²) in [4.78, 5) is 34.7. The number of hydrogen-bond donors (Lipinski definition) is 1. The summed E-state index contributed by atoms with van der Waals surface area (Å²) in [5.41, 5.74) is 0.499. The van der Waals surface area contributed by atoms with Gasteiger partial charge in [0.25, 0.3) is 5.56 Å². The lowest BCUT2D eigenvalue weighted by molar-refractivity contribution is -0.137. The van der Waals surface area contributed by atoms with Crippen molar-refractivity contribution in [3.63, 3.8) is 0 Å². The number of benzene rings is 2. The molecule has 0 saturated carbocycles. The molecule has 2 fully saturated rings. The lowest BCUT2D eigenvalue weighted by Gasteiger charge is -2.40. The number of aromatic nitrogens is 2. The minimum absolute atomic E-state index is 0.133. The molecule has 3 heterocycles. The molecule has 2 aliphatic heterocycles. The first kappa shape index (κ1) is 22.1. The minimum atomic E-state index is -1.04. The predicted molar refractivity (Wildman–Crippen MR) is 131 cm³/mol. The number of nitrogens with zero attached hydrogens (tertiary/aromatic N) is 4. The summed E-state index contributed by atoms with van der Waals surface area (Å²) in [5, 5.41) is 11.7. The third-order valence-corrected chi connectivity index (χ3v) is 7.38. The lowest BCUT2D eigenvalue weighted by atomic mass is 9.90. The number of carbonyl (C=O) groups is 1. The Bertz CT molecular complexity index is 1220. The molecule has 3 aromatic rings. The Balaban J connectivity index is 1.26. The molecule has 1 aromatic heterocycles. The van der Waals surface area contributed by atoms with Crippen molar-refractivity contribution in [1.82, 2.24) is 14.5 Å². The largest absolute Gasteiger partial charge is 0.388 e. The number of carbonyl (C=O) groups excluding carboxylic acids is 1. The number of rotatable bonds is 4. The van der Waals surface area contributed by atoms with Crippen molar-refractivity contribution in [3.05, 3.63) is 69.7 Å². The molecule has 1 atom stereocenters. The molecule has 0 radical (unpaired) electrons. The van der Waals surface area contributed by atoms with Crippen molar-refractivity contribution in [1.29, 1.82) is 0 Å². The van der Waals surface area contributed by atoms with E-state index in [9.17, 15) is 14.7 Å². The zero-order valence-corrected chi connectivity index (χ0v) is 19.9. The van der Waals surface area contributed by atoms with Crippen molar-refractivity contribution in [3.8, 4) is 0 Å². The van der Waals surface area contributed by atoms with Gasteiger partial charge in [-0.05, 0) is 56.0 Å². The fourth-order valence-electron chi connectivity index (χ4n) is 5.03. The molecule has 0 spiro atoms. The second-order valence-corrected chi connectivity index (χ2v) is 9.99. The number of anilines is 1. The zero-order valence-electron chi connectivity index (χ0n) is 18.4. The van der Waals surface area contributed by atoms with Crippen LogP contribution in [0.5, 0.6) is 0 Å². The van der Waals surface area contributed by atoms with Gasteiger partial charge in [-0.25, -0.2) is 4.98 Å². The molecule has 172 valence electrons. The van der Waals surface area contributed by atoms with Crippen LogP contribution in [0.4, 0.5) is 5.69 Å². The highest BCUT2D eigenvalue weighted by atomic mass is 79.9. The number of halogens is 1. The zero-order chi connectivity index (χ0) is 23.0. The molecule has 1 unspecified atom stereocenters. The summed E-state index contributed by atoms with van der Waals surface area (Å²) in [5.74, 6) is 0.133. The van der Waals surface area contributed by atoms with Crippen LogP contribution >= 0.6 is 15.9 Å². The normalized spacial score (nSPS) is 20.4. The first-order valence-corrected chi connectivity index (χ1v) is 12.2. The molecule has 7 nitrogen and oxygen atoms in total. The Morgan fingerprint density at radius 1 is 1.12 bits per heavy atom. The Morgan fingerprint density at radius 3 is 2.64 bits per heavy atom. The first-order valence-electron chi connectivity index (χ1n) is 11.4. The Kier molecular flexibility index (Phi) is 5.97. The van der Waals surface area contributed by atoms with Crippen molar-refractivity contribution >= 4 is 38.4 Å².